The standard InChI is InChI=1S/C19H18ClN7O4/c20-17-4-3-16(27(30)31)18(24-17)13-8-12-14(9-23-13)22-6-5-15(12)25-7-1-2-11(10-25)26(21)19(28)29/h3-6,8-9,11H,1-2,7,10,21H2,(H,28,29)/t11-/m0/s1. The highest BCUT2D eigenvalue weighted by Crippen LogP contribution is 2.33. The second-order valence-corrected chi connectivity index (χ2v) is 7.49. The Balaban J connectivity index is 1.78. The molecule has 0 aromatic carbocycles. The molecule has 1 saturated heterocycles. The van der Waals surface area contributed by atoms with E-state index in [1.807, 2.05) is 11.0 Å². The van der Waals surface area contributed by atoms with Crippen LogP contribution in [-0.4, -0.2) is 55.2 Å². The maximum Gasteiger partial charge on any atom is 0.421 e. The monoisotopic (exact) mass is 443 g/mol. The molecular formula is C19H18ClN7O4. The van der Waals surface area contributed by atoms with Crippen LogP contribution >= 0.6 is 11.6 Å². The summed E-state index contributed by atoms with van der Waals surface area (Å²) < 4.78 is 0. The Labute approximate surface area is 181 Å². The second-order valence-electron chi connectivity index (χ2n) is 7.11. The van der Waals surface area contributed by atoms with Crippen molar-refractivity contribution in [3.8, 4) is 11.4 Å². The summed E-state index contributed by atoms with van der Waals surface area (Å²) in [6.45, 7) is 1.12. The van der Waals surface area contributed by atoms with Crippen molar-refractivity contribution in [1.29, 1.82) is 0 Å². The van der Waals surface area contributed by atoms with Crippen molar-refractivity contribution >= 4 is 40.0 Å². The first kappa shape index (κ1) is 20.7. The lowest BCUT2D eigenvalue weighted by Gasteiger charge is -2.37. The van der Waals surface area contributed by atoms with Crippen molar-refractivity contribution in [3.05, 3.63) is 51.9 Å². The summed E-state index contributed by atoms with van der Waals surface area (Å²) in [5, 5.41) is 22.3. The molecule has 4 heterocycles. The Morgan fingerprint density at radius 1 is 1.35 bits per heavy atom. The van der Waals surface area contributed by atoms with Crippen LogP contribution in [-0.2, 0) is 0 Å². The third-order valence-electron chi connectivity index (χ3n) is 5.24. The van der Waals surface area contributed by atoms with Crippen molar-refractivity contribution in [2.75, 3.05) is 18.0 Å². The average molecular weight is 444 g/mol. The van der Waals surface area contributed by atoms with Crippen molar-refractivity contribution in [1.82, 2.24) is 20.0 Å². The summed E-state index contributed by atoms with van der Waals surface area (Å²) in [6, 6.07) is 5.79. The Hall–Kier alpha value is -3.57. The number of hydrazine groups is 1. The number of pyridine rings is 3. The molecule has 1 aliphatic rings. The minimum Gasteiger partial charge on any atom is -0.464 e. The van der Waals surface area contributed by atoms with Gasteiger partial charge in [0.1, 0.15) is 5.15 Å². The smallest absolute Gasteiger partial charge is 0.421 e. The molecule has 160 valence electrons. The van der Waals surface area contributed by atoms with Gasteiger partial charge in [0.25, 0.3) is 5.69 Å². The molecule has 3 aromatic rings. The third kappa shape index (κ3) is 4.05. The minimum absolute atomic E-state index is 0.0599. The van der Waals surface area contributed by atoms with E-state index in [1.54, 1.807) is 12.3 Å². The van der Waals surface area contributed by atoms with Gasteiger partial charge in [-0.05, 0) is 31.0 Å². The van der Waals surface area contributed by atoms with Crippen LogP contribution in [0, 0.1) is 10.1 Å². The number of aromatic nitrogens is 3. The van der Waals surface area contributed by atoms with Crippen molar-refractivity contribution in [2.45, 2.75) is 18.9 Å². The summed E-state index contributed by atoms with van der Waals surface area (Å²) in [7, 11) is 0. The highest BCUT2D eigenvalue weighted by atomic mass is 35.5. The Morgan fingerprint density at radius 3 is 2.90 bits per heavy atom. The molecule has 0 spiro atoms. The molecule has 11 nitrogen and oxygen atoms in total. The quantitative estimate of drug-likeness (QED) is 0.203. The molecular weight excluding hydrogens is 426 g/mol. The zero-order chi connectivity index (χ0) is 22.1. The summed E-state index contributed by atoms with van der Waals surface area (Å²) in [5.41, 5.74) is 1.54. The number of hydrogen-bond donors (Lipinski definition) is 2. The second kappa shape index (κ2) is 8.28. The molecule has 4 rings (SSSR count). The number of amides is 1. The van der Waals surface area contributed by atoms with Gasteiger partial charge in [-0.15, -0.1) is 0 Å². The van der Waals surface area contributed by atoms with E-state index < -0.39 is 11.0 Å². The molecule has 1 aliphatic heterocycles. The topological polar surface area (TPSA) is 152 Å². The number of hydrogen-bond acceptors (Lipinski definition) is 8. The molecule has 0 unspecified atom stereocenters. The van der Waals surface area contributed by atoms with Crippen LogP contribution in [0.25, 0.3) is 22.3 Å². The van der Waals surface area contributed by atoms with Gasteiger partial charge in [-0.3, -0.25) is 20.1 Å². The van der Waals surface area contributed by atoms with E-state index in [0.717, 1.165) is 17.1 Å². The van der Waals surface area contributed by atoms with Gasteiger partial charge < -0.3 is 10.0 Å². The van der Waals surface area contributed by atoms with E-state index in [9.17, 15) is 20.0 Å². The lowest BCUT2D eigenvalue weighted by Crippen LogP contribution is -2.53. The maximum absolute atomic E-state index is 11.4. The Morgan fingerprint density at radius 2 is 2.16 bits per heavy atom. The van der Waals surface area contributed by atoms with Crippen LogP contribution in [0.3, 0.4) is 0 Å². The highest BCUT2D eigenvalue weighted by molar-refractivity contribution is 6.29. The Bertz CT molecular complexity index is 1180. The minimum atomic E-state index is -1.18. The molecule has 31 heavy (non-hydrogen) atoms. The molecule has 3 aromatic heterocycles. The van der Waals surface area contributed by atoms with Crippen LogP contribution in [0.2, 0.25) is 5.15 Å². The Kier molecular flexibility index (Phi) is 5.53. The van der Waals surface area contributed by atoms with E-state index in [1.165, 1.54) is 18.3 Å². The van der Waals surface area contributed by atoms with Crippen molar-refractivity contribution in [2.24, 2.45) is 5.84 Å². The largest absolute Gasteiger partial charge is 0.464 e. The van der Waals surface area contributed by atoms with E-state index in [-0.39, 0.29) is 28.3 Å². The van der Waals surface area contributed by atoms with Gasteiger partial charge in [0, 0.05) is 36.4 Å². The van der Waals surface area contributed by atoms with Gasteiger partial charge in [0.15, 0.2) is 5.69 Å². The number of halogens is 1. The molecule has 1 fully saturated rings. The summed E-state index contributed by atoms with van der Waals surface area (Å²) in [5.74, 6) is 5.70. The number of rotatable bonds is 4. The lowest BCUT2D eigenvalue weighted by molar-refractivity contribution is -0.384. The zero-order valence-corrected chi connectivity index (χ0v) is 16.9. The van der Waals surface area contributed by atoms with Gasteiger partial charge in [-0.25, -0.2) is 20.6 Å². The molecule has 1 atom stereocenters. The number of fused-ring (bicyclic) bond motifs is 1. The predicted octanol–water partition coefficient (Wildman–Crippen LogP) is 3.08. The zero-order valence-electron chi connectivity index (χ0n) is 16.2. The third-order valence-corrected chi connectivity index (χ3v) is 5.45. The van der Waals surface area contributed by atoms with Gasteiger partial charge in [-0.2, -0.15) is 0 Å². The first-order valence-electron chi connectivity index (χ1n) is 9.43. The number of carboxylic acid groups (broad SMARTS) is 1. The number of carbonyl (C=O) groups is 1. The van der Waals surface area contributed by atoms with E-state index in [4.69, 9.17) is 17.4 Å². The molecule has 0 saturated carbocycles. The summed E-state index contributed by atoms with van der Waals surface area (Å²) >= 11 is 5.97. The average Bonchev–Trinajstić information content (AvgIpc) is 2.77. The fourth-order valence-corrected chi connectivity index (χ4v) is 3.91. The van der Waals surface area contributed by atoms with Gasteiger partial charge in [-0.1, -0.05) is 11.6 Å². The van der Waals surface area contributed by atoms with E-state index in [0.29, 0.717) is 30.4 Å². The predicted molar refractivity (Wildman–Crippen MR) is 114 cm³/mol. The lowest BCUT2D eigenvalue weighted by atomic mass is 10.0. The van der Waals surface area contributed by atoms with Crippen molar-refractivity contribution < 1.29 is 14.8 Å². The molecule has 0 bridgehead atoms. The summed E-state index contributed by atoms with van der Waals surface area (Å²) in [6.07, 6.45) is 3.40. The first-order chi connectivity index (χ1) is 14.8. The maximum atomic E-state index is 11.4. The van der Waals surface area contributed by atoms with Crippen LogP contribution < -0.4 is 10.7 Å². The molecule has 3 N–H and O–H groups in total. The number of nitrogens with zero attached hydrogens (tertiary/aromatic N) is 6. The van der Waals surface area contributed by atoms with Gasteiger partial charge in [0.2, 0.25) is 0 Å². The van der Waals surface area contributed by atoms with Gasteiger partial charge in [0.05, 0.1) is 28.4 Å². The number of piperidine rings is 1. The first-order valence-corrected chi connectivity index (χ1v) is 9.81. The highest BCUT2D eigenvalue weighted by Gasteiger charge is 2.28. The summed E-state index contributed by atoms with van der Waals surface area (Å²) in [4.78, 5) is 36.9. The molecule has 0 radical (unpaired) electrons. The van der Waals surface area contributed by atoms with E-state index in [2.05, 4.69) is 15.0 Å². The van der Waals surface area contributed by atoms with Crippen LogP contribution in [0.4, 0.5) is 16.2 Å². The number of nitro groups is 1. The van der Waals surface area contributed by atoms with E-state index >= 15 is 0 Å². The molecule has 0 aliphatic carbocycles. The fourth-order valence-electron chi connectivity index (χ4n) is 3.76. The van der Waals surface area contributed by atoms with Crippen LogP contribution in [0.5, 0.6) is 0 Å². The van der Waals surface area contributed by atoms with Crippen LogP contribution in [0.15, 0.2) is 36.7 Å². The molecule has 12 heteroatoms. The number of nitrogens with two attached hydrogens (primary N) is 1. The SMILES string of the molecule is NN(C(=O)O)[C@H]1CCCN(c2ccnc3cnc(-c4nc(Cl)ccc4[N+](=O)[O-])cc23)C1. The van der Waals surface area contributed by atoms with Crippen molar-refractivity contribution in [3.63, 3.8) is 0 Å². The number of anilines is 1. The van der Waals surface area contributed by atoms with Crippen LogP contribution in [0.1, 0.15) is 12.8 Å². The fraction of sp³-hybridized carbons (Fsp3) is 0.263. The van der Waals surface area contributed by atoms with Gasteiger partial charge >= 0.3 is 6.09 Å². The molecule has 1 amide bonds. The normalized spacial score (nSPS) is 16.3.